The Bertz CT molecular complexity index is 976. The van der Waals surface area contributed by atoms with Gasteiger partial charge in [-0.3, -0.25) is 14.5 Å². The van der Waals surface area contributed by atoms with Crippen molar-refractivity contribution in [1.82, 2.24) is 15.1 Å². The summed E-state index contributed by atoms with van der Waals surface area (Å²) >= 11 is 0. The molecule has 1 aromatic carbocycles. The van der Waals surface area contributed by atoms with E-state index < -0.39 is 17.7 Å². The van der Waals surface area contributed by atoms with Gasteiger partial charge in [0.05, 0.1) is 17.9 Å². The van der Waals surface area contributed by atoms with Crippen molar-refractivity contribution < 1.29 is 23.8 Å². The zero-order valence-corrected chi connectivity index (χ0v) is 18.4. The molecule has 1 aromatic heterocycles. The lowest BCUT2D eigenvalue weighted by atomic mass is 9.99. The van der Waals surface area contributed by atoms with Crippen molar-refractivity contribution in [2.45, 2.75) is 26.0 Å². The first-order valence-corrected chi connectivity index (χ1v) is 11.0. The predicted octanol–water partition coefficient (Wildman–Crippen LogP) is 2.39. The van der Waals surface area contributed by atoms with Crippen molar-refractivity contribution in [1.29, 1.82) is 0 Å². The quantitative estimate of drug-likeness (QED) is 0.389. The Morgan fingerprint density at radius 3 is 2.50 bits per heavy atom. The predicted molar refractivity (Wildman–Crippen MR) is 119 cm³/mol. The number of nitrogens with zero attached hydrogens (tertiary/aromatic N) is 2. The van der Waals surface area contributed by atoms with E-state index in [1.54, 1.807) is 36.4 Å². The van der Waals surface area contributed by atoms with Crippen LogP contribution in [0.5, 0.6) is 5.75 Å². The number of likely N-dealkylation sites (tertiary alicyclic amines) is 1. The van der Waals surface area contributed by atoms with Gasteiger partial charge in [0, 0.05) is 44.8 Å². The molecule has 4 rings (SSSR count). The molecule has 2 fully saturated rings. The van der Waals surface area contributed by atoms with Crippen LogP contribution in [-0.4, -0.2) is 72.0 Å². The molecule has 1 unspecified atom stereocenters. The molecule has 2 saturated heterocycles. The number of hydrogen-bond donors (Lipinski definition) is 2. The Balaban J connectivity index is 1.64. The fourth-order valence-electron chi connectivity index (χ4n) is 4.16. The Hall–Kier alpha value is -3.10. The number of piperazine rings is 1. The van der Waals surface area contributed by atoms with Crippen LogP contribution < -0.4 is 10.1 Å². The number of furan rings is 1. The number of aliphatic hydroxyl groups is 1. The summed E-state index contributed by atoms with van der Waals surface area (Å²) in [6.07, 6.45) is 1.53. The van der Waals surface area contributed by atoms with E-state index in [1.807, 2.05) is 13.8 Å². The molecule has 0 spiro atoms. The first-order valence-electron chi connectivity index (χ1n) is 11.0. The van der Waals surface area contributed by atoms with E-state index in [0.29, 0.717) is 30.2 Å². The van der Waals surface area contributed by atoms with Gasteiger partial charge >= 0.3 is 0 Å². The van der Waals surface area contributed by atoms with Crippen LogP contribution in [0.3, 0.4) is 0 Å². The Morgan fingerprint density at radius 2 is 1.88 bits per heavy atom. The number of hydrogen-bond acceptors (Lipinski definition) is 7. The normalized spacial score (nSPS) is 21.5. The van der Waals surface area contributed by atoms with E-state index in [2.05, 4.69) is 10.2 Å². The van der Waals surface area contributed by atoms with E-state index in [-0.39, 0.29) is 17.4 Å². The summed E-state index contributed by atoms with van der Waals surface area (Å²) < 4.78 is 11.2. The van der Waals surface area contributed by atoms with Crippen LogP contribution >= 0.6 is 0 Å². The number of Topliss-reactive ketones (excluding diaryl/α,β-unsaturated/α-hetero) is 1. The van der Waals surface area contributed by atoms with Gasteiger partial charge in [-0.25, -0.2) is 0 Å². The van der Waals surface area contributed by atoms with Crippen LogP contribution in [0, 0.1) is 0 Å². The third-order valence-corrected chi connectivity index (χ3v) is 5.72. The van der Waals surface area contributed by atoms with Crippen molar-refractivity contribution in [3.05, 3.63) is 59.6 Å². The molecule has 8 heteroatoms. The third kappa shape index (κ3) is 4.56. The van der Waals surface area contributed by atoms with Crippen LogP contribution in [0.15, 0.2) is 52.7 Å². The van der Waals surface area contributed by atoms with E-state index in [4.69, 9.17) is 9.15 Å². The topological polar surface area (TPSA) is 95.2 Å². The zero-order chi connectivity index (χ0) is 22.7. The second-order valence-corrected chi connectivity index (χ2v) is 8.29. The molecule has 1 amide bonds. The van der Waals surface area contributed by atoms with Gasteiger partial charge in [-0.1, -0.05) is 0 Å². The number of carbonyl (C=O) groups excluding carboxylic acids is 2. The molecule has 0 aliphatic carbocycles. The summed E-state index contributed by atoms with van der Waals surface area (Å²) in [5, 5.41) is 14.4. The summed E-state index contributed by atoms with van der Waals surface area (Å²) in [4.78, 5) is 29.7. The van der Waals surface area contributed by atoms with Crippen molar-refractivity contribution >= 4 is 17.4 Å². The smallest absolute Gasteiger partial charge is 0.295 e. The van der Waals surface area contributed by atoms with Crippen LogP contribution in [-0.2, 0) is 9.59 Å². The maximum atomic E-state index is 13.0. The average molecular weight is 440 g/mol. The van der Waals surface area contributed by atoms with Crippen LogP contribution in [0.2, 0.25) is 0 Å². The van der Waals surface area contributed by atoms with Crippen molar-refractivity contribution in [2.75, 3.05) is 39.3 Å². The van der Waals surface area contributed by atoms with E-state index in [9.17, 15) is 14.7 Å². The lowest BCUT2D eigenvalue weighted by Crippen LogP contribution is -2.46. The van der Waals surface area contributed by atoms with Crippen LogP contribution in [0.4, 0.5) is 0 Å². The lowest BCUT2D eigenvalue weighted by molar-refractivity contribution is -0.140. The number of rotatable bonds is 7. The molecule has 170 valence electrons. The zero-order valence-electron chi connectivity index (χ0n) is 18.4. The van der Waals surface area contributed by atoms with E-state index in [1.165, 1.54) is 11.2 Å². The maximum absolute atomic E-state index is 13.0. The highest BCUT2D eigenvalue weighted by Crippen LogP contribution is 2.39. The molecular weight excluding hydrogens is 410 g/mol. The second-order valence-electron chi connectivity index (χ2n) is 8.29. The highest BCUT2D eigenvalue weighted by atomic mass is 16.5. The molecule has 2 aliphatic rings. The summed E-state index contributed by atoms with van der Waals surface area (Å²) in [6.45, 7) is 8.45. The molecule has 2 aliphatic heterocycles. The number of nitrogens with one attached hydrogen (secondary N) is 1. The monoisotopic (exact) mass is 439 g/mol. The highest BCUT2D eigenvalue weighted by Gasteiger charge is 2.47. The fraction of sp³-hybridized carbons (Fsp3) is 0.417. The van der Waals surface area contributed by atoms with Gasteiger partial charge in [0.15, 0.2) is 0 Å². The Labute approximate surface area is 187 Å². The first-order chi connectivity index (χ1) is 15.5. The van der Waals surface area contributed by atoms with Gasteiger partial charge < -0.3 is 24.5 Å². The number of ketones is 1. The minimum atomic E-state index is -0.764. The van der Waals surface area contributed by atoms with Gasteiger partial charge in [0.1, 0.15) is 23.3 Å². The lowest BCUT2D eigenvalue weighted by Gasteiger charge is -2.30. The molecule has 2 N–H and O–H groups in total. The maximum Gasteiger partial charge on any atom is 0.295 e. The Morgan fingerprint density at radius 1 is 1.16 bits per heavy atom. The highest BCUT2D eigenvalue weighted by molar-refractivity contribution is 6.46. The van der Waals surface area contributed by atoms with Crippen molar-refractivity contribution in [2.24, 2.45) is 0 Å². The van der Waals surface area contributed by atoms with Gasteiger partial charge in [-0.2, -0.15) is 0 Å². The van der Waals surface area contributed by atoms with Gasteiger partial charge in [-0.15, -0.1) is 0 Å². The average Bonchev–Trinajstić information content (AvgIpc) is 3.40. The summed E-state index contributed by atoms with van der Waals surface area (Å²) in [6, 6.07) is 9.50. The fourth-order valence-corrected chi connectivity index (χ4v) is 4.16. The molecule has 2 aromatic rings. The largest absolute Gasteiger partial charge is 0.507 e. The summed E-state index contributed by atoms with van der Waals surface area (Å²) in [5.41, 5.74) is 0.487. The first kappa shape index (κ1) is 22.1. The molecule has 3 heterocycles. The summed E-state index contributed by atoms with van der Waals surface area (Å²) in [5.74, 6) is -0.429. The number of aliphatic hydroxyl groups excluding tert-OH is 1. The minimum Gasteiger partial charge on any atom is -0.507 e. The summed E-state index contributed by atoms with van der Waals surface area (Å²) in [7, 11) is 0. The molecule has 0 saturated carbocycles. The standard InChI is InChI=1S/C24H29N3O5/c1-16(2)32-18-7-5-17(6-8-18)22(28)20-21(19-4-3-15-31-19)27(24(30)23(20)29)14-13-26-11-9-25-10-12-26/h3-8,15-16,21,25,28H,9-14H2,1-2H3/b22-20-. The van der Waals surface area contributed by atoms with Crippen molar-refractivity contribution in [3.8, 4) is 5.75 Å². The number of ether oxygens (including phenoxy) is 1. The molecule has 8 nitrogen and oxygen atoms in total. The molecule has 0 radical (unpaired) electrons. The van der Waals surface area contributed by atoms with Crippen LogP contribution in [0.1, 0.15) is 31.2 Å². The Kier molecular flexibility index (Phi) is 6.62. The second kappa shape index (κ2) is 9.58. The number of carbonyl (C=O) groups is 2. The van der Waals surface area contributed by atoms with Gasteiger partial charge in [0.25, 0.3) is 11.7 Å². The van der Waals surface area contributed by atoms with E-state index >= 15 is 0 Å². The molecular formula is C24H29N3O5. The van der Waals surface area contributed by atoms with E-state index in [0.717, 1.165) is 26.2 Å². The number of amides is 1. The molecule has 1 atom stereocenters. The number of benzene rings is 1. The molecule has 0 bridgehead atoms. The third-order valence-electron chi connectivity index (χ3n) is 5.72. The SMILES string of the molecule is CC(C)Oc1ccc(/C(O)=C2/C(=O)C(=O)N(CCN3CCNCC3)C2c2ccco2)cc1. The van der Waals surface area contributed by atoms with Crippen LogP contribution in [0.25, 0.3) is 5.76 Å². The van der Waals surface area contributed by atoms with Gasteiger partial charge in [-0.05, 0) is 50.2 Å². The minimum absolute atomic E-state index is 0.0226. The molecule has 32 heavy (non-hydrogen) atoms. The van der Waals surface area contributed by atoms with Gasteiger partial charge in [0.2, 0.25) is 0 Å². The van der Waals surface area contributed by atoms with Crippen molar-refractivity contribution in [3.63, 3.8) is 0 Å².